The van der Waals surface area contributed by atoms with Gasteiger partial charge in [-0.25, -0.2) is 13.8 Å². The summed E-state index contributed by atoms with van der Waals surface area (Å²) in [5, 5.41) is 0.648. The van der Waals surface area contributed by atoms with Crippen LogP contribution in [0.1, 0.15) is 11.1 Å². The van der Waals surface area contributed by atoms with Crippen LogP contribution in [0.2, 0.25) is 5.02 Å². The minimum atomic E-state index is -0.892. The lowest BCUT2D eigenvalue weighted by atomic mass is 10.1. The van der Waals surface area contributed by atoms with Crippen LogP contribution >= 0.6 is 11.6 Å². The molecule has 0 radical (unpaired) electrons. The molecule has 0 spiro atoms. The molecule has 0 aliphatic heterocycles. The first-order valence-corrected chi connectivity index (χ1v) is 6.47. The van der Waals surface area contributed by atoms with E-state index in [4.69, 9.17) is 11.6 Å². The number of fused-ring (bicyclic) bond motifs is 1. The van der Waals surface area contributed by atoms with Crippen molar-refractivity contribution in [3.63, 3.8) is 0 Å². The van der Waals surface area contributed by atoms with Crippen LogP contribution < -0.4 is 0 Å². The Bertz CT molecular complexity index is 796. The number of hydrogen-bond acceptors (Lipinski definition) is 1. The Morgan fingerprint density at radius 3 is 2.65 bits per heavy atom. The Morgan fingerprint density at radius 1 is 1.15 bits per heavy atom. The molecule has 5 heteroatoms. The van der Waals surface area contributed by atoms with Crippen molar-refractivity contribution in [2.24, 2.45) is 0 Å². The van der Waals surface area contributed by atoms with Gasteiger partial charge in [0.25, 0.3) is 0 Å². The molecule has 0 unspecified atom stereocenters. The quantitative estimate of drug-likeness (QED) is 0.687. The number of aryl methyl sites for hydroxylation is 1. The Hall–Kier alpha value is -1.94. The van der Waals surface area contributed by atoms with E-state index in [2.05, 4.69) is 4.98 Å². The highest BCUT2D eigenvalue weighted by Gasteiger charge is 2.10. The first-order valence-electron chi connectivity index (χ1n) is 6.09. The summed E-state index contributed by atoms with van der Waals surface area (Å²) >= 11 is 6.19. The molecule has 0 aliphatic carbocycles. The highest BCUT2D eigenvalue weighted by molar-refractivity contribution is 6.31. The maximum absolute atomic E-state index is 13.3. The molecule has 3 rings (SSSR count). The summed E-state index contributed by atoms with van der Waals surface area (Å²) in [5.41, 5.74) is 2.94. The minimum absolute atomic E-state index is 0.423. The van der Waals surface area contributed by atoms with Gasteiger partial charge in [-0.2, -0.15) is 0 Å². The standard InChI is InChI=1S/C15H11ClF2N2/c1-9-2-3-10(11(16)4-9)7-20-8-19-14-5-12(17)13(18)6-15(14)20/h2-6,8H,7H2,1H3. The van der Waals surface area contributed by atoms with E-state index in [0.717, 1.165) is 23.3 Å². The normalized spacial score (nSPS) is 11.2. The van der Waals surface area contributed by atoms with Gasteiger partial charge in [0.05, 0.1) is 23.9 Å². The van der Waals surface area contributed by atoms with Crippen LogP contribution in [0, 0.1) is 18.6 Å². The van der Waals surface area contributed by atoms with Gasteiger partial charge in [0.1, 0.15) is 0 Å². The van der Waals surface area contributed by atoms with Gasteiger partial charge in [-0.05, 0) is 24.1 Å². The van der Waals surface area contributed by atoms with Gasteiger partial charge in [0, 0.05) is 17.2 Å². The van der Waals surface area contributed by atoms with E-state index in [1.807, 2.05) is 25.1 Å². The lowest BCUT2D eigenvalue weighted by Crippen LogP contribution is -1.99. The van der Waals surface area contributed by atoms with Crippen molar-refractivity contribution in [1.82, 2.24) is 9.55 Å². The van der Waals surface area contributed by atoms with Crippen molar-refractivity contribution in [2.45, 2.75) is 13.5 Å². The molecule has 0 amide bonds. The Labute approximate surface area is 119 Å². The topological polar surface area (TPSA) is 17.8 Å². The number of nitrogens with zero attached hydrogens (tertiary/aromatic N) is 2. The largest absolute Gasteiger partial charge is 0.326 e. The van der Waals surface area contributed by atoms with E-state index >= 15 is 0 Å². The molecule has 0 saturated carbocycles. The summed E-state index contributed by atoms with van der Waals surface area (Å²) in [6.07, 6.45) is 1.56. The van der Waals surface area contributed by atoms with Crippen molar-refractivity contribution in [3.05, 3.63) is 64.4 Å². The molecule has 0 atom stereocenters. The van der Waals surface area contributed by atoms with Crippen molar-refractivity contribution >= 4 is 22.6 Å². The minimum Gasteiger partial charge on any atom is -0.326 e. The molecule has 102 valence electrons. The van der Waals surface area contributed by atoms with Crippen LogP contribution in [0.4, 0.5) is 8.78 Å². The smallest absolute Gasteiger partial charge is 0.161 e. The van der Waals surface area contributed by atoms with Gasteiger partial charge in [0.2, 0.25) is 0 Å². The van der Waals surface area contributed by atoms with Gasteiger partial charge in [-0.3, -0.25) is 0 Å². The fourth-order valence-electron chi connectivity index (χ4n) is 2.14. The van der Waals surface area contributed by atoms with Gasteiger partial charge in [0.15, 0.2) is 11.6 Å². The van der Waals surface area contributed by atoms with Gasteiger partial charge in [-0.1, -0.05) is 23.7 Å². The second-order valence-corrected chi connectivity index (χ2v) is 5.13. The fraction of sp³-hybridized carbons (Fsp3) is 0.133. The maximum atomic E-state index is 13.3. The number of halogens is 3. The van der Waals surface area contributed by atoms with Crippen molar-refractivity contribution in [2.75, 3.05) is 0 Å². The van der Waals surface area contributed by atoms with Crippen LogP contribution in [0.5, 0.6) is 0 Å². The summed E-state index contributed by atoms with van der Waals surface area (Å²) < 4.78 is 28.2. The number of aromatic nitrogens is 2. The maximum Gasteiger partial charge on any atom is 0.161 e. The van der Waals surface area contributed by atoms with Gasteiger partial charge in [-0.15, -0.1) is 0 Å². The third-order valence-corrected chi connectivity index (χ3v) is 3.56. The molecular formula is C15H11ClF2N2. The average molecular weight is 293 g/mol. The van der Waals surface area contributed by atoms with Crippen LogP contribution in [0.25, 0.3) is 11.0 Å². The average Bonchev–Trinajstić information content (AvgIpc) is 2.76. The summed E-state index contributed by atoms with van der Waals surface area (Å²) in [4.78, 5) is 4.08. The lowest BCUT2D eigenvalue weighted by Gasteiger charge is -2.07. The zero-order valence-electron chi connectivity index (χ0n) is 10.7. The first kappa shape index (κ1) is 13.1. The summed E-state index contributed by atoms with van der Waals surface area (Å²) in [7, 11) is 0. The molecule has 3 aromatic rings. The predicted octanol–water partition coefficient (Wildman–Crippen LogP) is 4.32. The second kappa shape index (κ2) is 4.87. The monoisotopic (exact) mass is 292 g/mol. The first-order chi connectivity index (χ1) is 9.54. The summed E-state index contributed by atoms with van der Waals surface area (Å²) in [5.74, 6) is -1.77. The predicted molar refractivity (Wildman–Crippen MR) is 74.9 cm³/mol. The van der Waals surface area contributed by atoms with Gasteiger partial charge >= 0.3 is 0 Å². The van der Waals surface area contributed by atoms with E-state index in [-0.39, 0.29) is 0 Å². The van der Waals surface area contributed by atoms with Crippen LogP contribution in [-0.4, -0.2) is 9.55 Å². The Kier molecular flexibility index (Phi) is 3.18. The molecule has 0 bridgehead atoms. The van der Waals surface area contributed by atoms with Gasteiger partial charge < -0.3 is 4.57 Å². The zero-order valence-corrected chi connectivity index (χ0v) is 11.5. The third kappa shape index (κ3) is 2.27. The number of imidazole rings is 1. The van der Waals surface area contributed by atoms with E-state index in [9.17, 15) is 8.78 Å². The lowest BCUT2D eigenvalue weighted by molar-refractivity contribution is 0.510. The fourth-order valence-corrected chi connectivity index (χ4v) is 2.44. The van der Waals surface area contributed by atoms with E-state index < -0.39 is 11.6 Å². The molecule has 0 N–H and O–H groups in total. The molecule has 2 aromatic carbocycles. The SMILES string of the molecule is Cc1ccc(Cn2cnc3cc(F)c(F)cc32)c(Cl)c1. The van der Waals surface area contributed by atoms with E-state index in [1.54, 1.807) is 10.9 Å². The van der Waals surface area contributed by atoms with Crippen molar-refractivity contribution in [1.29, 1.82) is 0 Å². The molecule has 20 heavy (non-hydrogen) atoms. The molecule has 1 heterocycles. The highest BCUT2D eigenvalue weighted by atomic mass is 35.5. The summed E-state index contributed by atoms with van der Waals surface area (Å²) in [6, 6.07) is 8.00. The van der Waals surface area contributed by atoms with E-state index in [0.29, 0.717) is 22.6 Å². The molecule has 1 aromatic heterocycles. The number of hydrogen-bond donors (Lipinski definition) is 0. The molecule has 0 fully saturated rings. The molecule has 2 nitrogen and oxygen atoms in total. The van der Waals surface area contributed by atoms with Crippen molar-refractivity contribution < 1.29 is 8.78 Å². The zero-order chi connectivity index (χ0) is 14.3. The highest BCUT2D eigenvalue weighted by Crippen LogP contribution is 2.22. The molecule has 0 saturated heterocycles. The number of rotatable bonds is 2. The second-order valence-electron chi connectivity index (χ2n) is 4.72. The van der Waals surface area contributed by atoms with Crippen LogP contribution in [0.15, 0.2) is 36.7 Å². The summed E-state index contributed by atoms with van der Waals surface area (Å²) in [6.45, 7) is 2.42. The van der Waals surface area contributed by atoms with E-state index in [1.165, 1.54) is 0 Å². The van der Waals surface area contributed by atoms with Crippen molar-refractivity contribution in [3.8, 4) is 0 Å². The van der Waals surface area contributed by atoms with Crippen LogP contribution in [-0.2, 0) is 6.54 Å². The molecule has 0 aliphatic rings. The third-order valence-electron chi connectivity index (χ3n) is 3.21. The Morgan fingerprint density at radius 2 is 1.90 bits per heavy atom. The van der Waals surface area contributed by atoms with Crippen LogP contribution in [0.3, 0.4) is 0 Å². The Balaban J connectivity index is 2.04. The number of benzene rings is 2. The molecular weight excluding hydrogens is 282 g/mol.